The van der Waals surface area contributed by atoms with Gasteiger partial charge in [-0.3, -0.25) is 14.5 Å². The summed E-state index contributed by atoms with van der Waals surface area (Å²) in [4.78, 5) is 36.0. The Bertz CT molecular complexity index is 763. The van der Waals surface area contributed by atoms with Crippen molar-refractivity contribution >= 4 is 29.6 Å². The van der Waals surface area contributed by atoms with Crippen LogP contribution in [0, 0.1) is 0 Å². The van der Waals surface area contributed by atoms with Gasteiger partial charge >= 0.3 is 6.03 Å². The molecule has 4 amide bonds. The number of furan rings is 1. The molecule has 0 unspecified atom stereocenters. The Kier molecular flexibility index (Phi) is 4.42. The first-order valence-electron chi connectivity index (χ1n) is 7.31. The molecule has 1 aliphatic heterocycles. The average Bonchev–Trinajstić information content (AvgIpc) is 3.20. The Labute approximate surface area is 137 Å². The van der Waals surface area contributed by atoms with E-state index in [1.54, 1.807) is 42.5 Å². The number of benzene rings is 1. The molecule has 3 rings (SSSR count). The van der Waals surface area contributed by atoms with E-state index in [4.69, 9.17) is 4.42 Å². The van der Waals surface area contributed by atoms with Crippen LogP contribution < -0.4 is 10.6 Å². The van der Waals surface area contributed by atoms with Crippen molar-refractivity contribution < 1.29 is 18.8 Å². The van der Waals surface area contributed by atoms with E-state index in [1.165, 1.54) is 12.3 Å². The van der Waals surface area contributed by atoms with Crippen LogP contribution in [0.15, 0.2) is 53.2 Å². The third-order valence-corrected chi connectivity index (χ3v) is 3.44. The molecule has 7 heteroatoms. The summed E-state index contributed by atoms with van der Waals surface area (Å²) in [5, 5.41) is 5.18. The van der Waals surface area contributed by atoms with Crippen LogP contribution in [0.5, 0.6) is 0 Å². The highest BCUT2D eigenvalue weighted by atomic mass is 16.3. The van der Waals surface area contributed by atoms with Crippen LogP contribution in [0.4, 0.5) is 10.5 Å². The minimum absolute atomic E-state index is 0.0367. The number of imide groups is 1. The molecule has 1 aromatic heterocycles. The van der Waals surface area contributed by atoms with Crippen molar-refractivity contribution in [2.45, 2.75) is 6.54 Å². The van der Waals surface area contributed by atoms with Gasteiger partial charge in [0.15, 0.2) is 0 Å². The smallest absolute Gasteiger partial charge is 0.324 e. The molecule has 0 aliphatic carbocycles. The predicted octanol–water partition coefficient (Wildman–Crippen LogP) is 1.98. The molecular weight excluding hydrogens is 310 g/mol. The summed E-state index contributed by atoms with van der Waals surface area (Å²) in [5.74, 6) is 0.0581. The van der Waals surface area contributed by atoms with Crippen molar-refractivity contribution in [1.82, 2.24) is 10.2 Å². The lowest BCUT2D eigenvalue weighted by Crippen LogP contribution is -2.30. The Morgan fingerprint density at radius 2 is 2.04 bits per heavy atom. The zero-order valence-corrected chi connectivity index (χ0v) is 12.7. The average molecular weight is 325 g/mol. The lowest BCUT2D eigenvalue weighted by atomic mass is 10.2. The molecule has 1 aliphatic rings. The molecule has 1 fully saturated rings. The standard InChI is InChI=1S/C17H15N3O4/c21-15(8-7-14-2-1-9-24-14)19-13-5-3-12(4-6-13)11-20-16(22)10-18-17(20)23/h1-9H,10-11H2,(H,18,23)(H,19,21)/b8-7+. The largest absolute Gasteiger partial charge is 0.465 e. The van der Waals surface area contributed by atoms with Crippen LogP contribution in [-0.2, 0) is 16.1 Å². The van der Waals surface area contributed by atoms with Crippen molar-refractivity contribution in [1.29, 1.82) is 0 Å². The SMILES string of the molecule is O=C(/C=C/c1ccco1)Nc1ccc(CN2C(=O)CNC2=O)cc1. The predicted molar refractivity (Wildman–Crippen MR) is 86.8 cm³/mol. The fourth-order valence-corrected chi connectivity index (χ4v) is 2.22. The van der Waals surface area contributed by atoms with Gasteiger partial charge in [-0.15, -0.1) is 0 Å². The van der Waals surface area contributed by atoms with Gasteiger partial charge in [0.25, 0.3) is 0 Å². The zero-order valence-electron chi connectivity index (χ0n) is 12.7. The number of nitrogens with zero attached hydrogens (tertiary/aromatic N) is 1. The lowest BCUT2D eigenvalue weighted by molar-refractivity contribution is -0.125. The minimum Gasteiger partial charge on any atom is -0.465 e. The number of hydrogen-bond acceptors (Lipinski definition) is 4. The number of urea groups is 1. The van der Waals surface area contributed by atoms with Crippen LogP contribution in [0.3, 0.4) is 0 Å². The quantitative estimate of drug-likeness (QED) is 0.649. The zero-order chi connectivity index (χ0) is 16.9. The monoisotopic (exact) mass is 325 g/mol. The second kappa shape index (κ2) is 6.82. The summed E-state index contributed by atoms with van der Waals surface area (Å²) in [6.45, 7) is 0.242. The Hall–Kier alpha value is -3.35. The van der Waals surface area contributed by atoms with Crippen LogP contribution in [0.1, 0.15) is 11.3 Å². The third-order valence-electron chi connectivity index (χ3n) is 3.44. The molecule has 0 saturated carbocycles. The number of amides is 4. The van der Waals surface area contributed by atoms with Crippen LogP contribution in [-0.4, -0.2) is 29.3 Å². The van der Waals surface area contributed by atoms with E-state index in [1.807, 2.05) is 0 Å². The first kappa shape index (κ1) is 15.5. The molecule has 7 nitrogen and oxygen atoms in total. The van der Waals surface area contributed by atoms with Gasteiger partial charge in [-0.2, -0.15) is 0 Å². The van der Waals surface area contributed by atoms with E-state index >= 15 is 0 Å². The highest BCUT2D eigenvalue weighted by Gasteiger charge is 2.28. The number of nitrogens with one attached hydrogen (secondary N) is 2. The van der Waals surface area contributed by atoms with Crippen LogP contribution in [0.25, 0.3) is 6.08 Å². The normalized spacial score (nSPS) is 14.2. The molecule has 24 heavy (non-hydrogen) atoms. The molecule has 1 saturated heterocycles. The molecule has 0 spiro atoms. The van der Waals surface area contributed by atoms with Gasteiger partial charge in [0.2, 0.25) is 11.8 Å². The summed E-state index contributed by atoms with van der Waals surface area (Å²) in [6.07, 6.45) is 4.48. The maximum atomic E-state index is 11.8. The van der Waals surface area contributed by atoms with Gasteiger partial charge in [0, 0.05) is 11.8 Å². The van der Waals surface area contributed by atoms with Gasteiger partial charge < -0.3 is 15.1 Å². The number of carbonyl (C=O) groups excluding carboxylic acids is 3. The maximum Gasteiger partial charge on any atom is 0.324 e. The number of rotatable bonds is 5. The van der Waals surface area contributed by atoms with E-state index in [9.17, 15) is 14.4 Å². The van der Waals surface area contributed by atoms with Crippen molar-refractivity contribution in [3.63, 3.8) is 0 Å². The highest BCUT2D eigenvalue weighted by Crippen LogP contribution is 2.13. The van der Waals surface area contributed by atoms with E-state index in [-0.39, 0.29) is 30.9 Å². The Balaban J connectivity index is 1.57. The highest BCUT2D eigenvalue weighted by molar-refractivity contribution is 6.02. The molecule has 0 bridgehead atoms. The van der Waals surface area contributed by atoms with Gasteiger partial charge in [-0.25, -0.2) is 4.79 Å². The fraction of sp³-hybridized carbons (Fsp3) is 0.118. The Morgan fingerprint density at radius 3 is 2.67 bits per heavy atom. The third kappa shape index (κ3) is 3.70. The van der Waals surface area contributed by atoms with Crippen molar-refractivity contribution in [2.75, 3.05) is 11.9 Å². The summed E-state index contributed by atoms with van der Waals surface area (Å²) in [5.41, 5.74) is 1.41. The summed E-state index contributed by atoms with van der Waals surface area (Å²) in [7, 11) is 0. The second-order valence-corrected chi connectivity index (χ2v) is 5.17. The van der Waals surface area contributed by atoms with Crippen LogP contribution >= 0.6 is 0 Å². The Morgan fingerprint density at radius 1 is 1.25 bits per heavy atom. The summed E-state index contributed by atoms with van der Waals surface area (Å²) >= 11 is 0. The fourth-order valence-electron chi connectivity index (χ4n) is 2.22. The second-order valence-electron chi connectivity index (χ2n) is 5.17. The van der Waals surface area contributed by atoms with Gasteiger partial charge in [0.1, 0.15) is 5.76 Å². The van der Waals surface area contributed by atoms with Crippen molar-refractivity contribution in [3.8, 4) is 0 Å². The molecule has 122 valence electrons. The topological polar surface area (TPSA) is 91.7 Å². The molecule has 2 N–H and O–H groups in total. The first-order chi connectivity index (χ1) is 11.6. The van der Waals surface area contributed by atoms with Crippen molar-refractivity contribution in [3.05, 3.63) is 60.1 Å². The van der Waals surface area contributed by atoms with E-state index in [2.05, 4.69) is 10.6 Å². The molecule has 0 atom stereocenters. The lowest BCUT2D eigenvalue weighted by Gasteiger charge is -2.12. The summed E-state index contributed by atoms with van der Waals surface area (Å²) in [6, 6.07) is 10.0. The summed E-state index contributed by atoms with van der Waals surface area (Å²) < 4.78 is 5.10. The molecular formula is C17H15N3O4. The minimum atomic E-state index is -0.388. The molecule has 2 heterocycles. The number of carbonyl (C=O) groups is 3. The molecule has 0 radical (unpaired) electrons. The first-order valence-corrected chi connectivity index (χ1v) is 7.31. The maximum absolute atomic E-state index is 11.8. The van der Waals surface area contributed by atoms with E-state index < -0.39 is 0 Å². The number of anilines is 1. The molecule has 2 aromatic rings. The van der Waals surface area contributed by atoms with Gasteiger partial charge in [-0.1, -0.05) is 12.1 Å². The van der Waals surface area contributed by atoms with Gasteiger partial charge in [0.05, 0.1) is 19.4 Å². The van der Waals surface area contributed by atoms with E-state index in [0.29, 0.717) is 11.4 Å². The molecule has 1 aromatic carbocycles. The van der Waals surface area contributed by atoms with Gasteiger partial charge in [-0.05, 0) is 35.9 Å². The van der Waals surface area contributed by atoms with E-state index in [0.717, 1.165) is 10.5 Å². The van der Waals surface area contributed by atoms with Crippen LogP contribution in [0.2, 0.25) is 0 Å². The number of hydrogen-bond donors (Lipinski definition) is 2. The van der Waals surface area contributed by atoms with Crippen molar-refractivity contribution in [2.24, 2.45) is 0 Å².